The zero-order chi connectivity index (χ0) is 9.68. The van der Waals surface area contributed by atoms with Crippen LogP contribution in [0.3, 0.4) is 0 Å². The van der Waals surface area contributed by atoms with Crippen LogP contribution < -0.4 is 5.32 Å². The van der Waals surface area contributed by atoms with Gasteiger partial charge in [0.1, 0.15) is 0 Å². The van der Waals surface area contributed by atoms with Crippen LogP contribution in [0.2, 0.25) is 0 Å². The highest BCUT2D eigenvalue weighted by atomic mass is 16.2. The molecular formula is C10H18N2O. The third-order valence-corrected chi connectivity index (χ3v) is 2.36. The highest BCUT2D eigenvalue weighted by Crippen LogP contribution is 2.08. The van der Waals surface area contributed by atoms with E-state index in [2.05, 4.69) is 11.9 Å². The van der Waals surface area contributed by atoms with Crippen molar-refractivity contribution in [2.75, 3.05) is 19.6 Å². The Kier molecular flexibility index (Phi) is 3.96. The van der Waals surface area contributed by atoms with Crippen LogP contribution in [0.4, 0.5) is 0 Å². The summed E-state index contributed by atoms with van der Waals surface area (Å²) in [6, 6.07) is -0.0731. The molecule has 1 aliphatic heterocycles. The predicted molar refractivity (Wildman–Crippen MR) is 53.5 cm³/mol. The van der Waals surface area contributed by atoms with Crippen molar-refractivity contribution in [2.24, 2.45) is 0 Å². The fourth-order valence-corrected chi connectivity index (χ4v) is 1.56. The van der Waals surface area contributed by atoms with Crippen molar-refractivity contribution in [3.63, 3.8) is 0 Å². The Morgan fingerprint density at radius 1 is 1.62 bits per heavy atom. The van der Waals surface area contributed by atoms with Crippen LogP contribution in [-0.4, -0.2) is 36.5 Å². The van der Waals surface area contributed by atoms with E-state index in [0.29, 0.717) is 6.54 Å². The molecule has 0 bridgehead atoms. The number of amides is 1. The second-order valence-electron chi connectivity index (χ2n) is 3.45. The number of hydrogen-bond donors (Lipinski definition) is 1. The first kappa shape index (κ1) is 10.3. The van der Waals surface area contributed by atoms with E-state index < -0.39 is 0 Å². The number of nitrogens with zero attached hydrogens (tertiary/aromatic N) is 1. The lowest BCUT2D eigenvalue weighted by Crippen LogP contribution is -2.43. The molecule has 0 aromatic carbocycles. The highest BCUT2D eigenvalue weighted by Gasteiger charge is 2.22. The van der Waals surface area contributed by atoms with Gasteiger partial charge in [0.15, 0.2) is 0 Å². The lowest BCUT2D eigenvalue weighted by atomic mass is 10.3. The summed E-state index contributed by atoms with van der Waals surface area (Å²) in [7, 11) is 0. The summed E-state index contributed by atoms with van der Waals surface area (Å²) in [5.74, 6) is 0.222. The van der Waals surface area contributed by atoms with Crippen LogP contribution in [0.25, 0.3) is 0 Å². The zero-order valence-electron chi connectivity index (χ0n) is 8.25. The maximum Gasteiger partial charge on any atom is 0.239 e. The summed E-state index contributed by atoms with van der Waals surface area (Å²) in [5, 5.41) is 3.10. The lowest BCUT2D eigenvalue weighted by molar-refractivity contribution is -0.131. The van der Waals surface area contributed by atoms with Gasteiger partial charge in [-0.1, -0.05) is 6.08 Å². The van der Waals surface area contributed by atoms with E-state index in [1.807, 2.05) is 11.8 Å². The van der Waals surface area contributed by atoms with Crippen LogP contribution in [0.1, 0.15) is 19.8 Å². The van der Waals surface area contributed by atoms with Crippen molar-refractivity contribution in [1.82, 2.24) is 10.2 Å². The van der Waals surface area contributed by atoms with Crippen LogP contribution in [-0.2, 0) is 4.79 Å². The van der Waals surface area contributed by atoms with Gasteiger partial charge < -0.3 is 10.2 Å². The molecule has 0 aromatic heterocycles. The van der Waals surface area contributed by atoms with E-state index in [0.717, 1.165) is 25.9 Å². The summed E-state index contributed by atoms with van der Waals surface area (Å²) in [5.41, 5.74) is 0. The largest absolute Gasteiger partial charge is 0.341 e. The first-order chi connectivity index (χ1) is 6.25. The summed E-state index contributed by atoms with van der Waals surface area (Å²) < 4.78 is 0. The summed E-state index contributed by atoms with van der Waals surface area (Å²) >= 11 is 0. The zero-order valence-corrected chi connectivity index (χ0v) is 8.25. The first-order valence-corrected chi connectivity index (χ1v) is 4.88. The van der Waals surface area contributed by atoms with Gasteiger partial charge in [-0.05, 0) is 19.8 Å². The summed E-state index contributed by atoms with van der Waals surface area (Å²) in [4.78, 5) is 13.6. The average Bonchev–Trinajstić information content (AvgIpc) is 2.65. The Bertz CT molecular complexity index is 185. The van der Waals surface area contributed by atoms with Gasteiger partial charge in [0.2, 0.25) is 5.91 Å². The topological polar surface area (TPSA) is 32.3 Å². The molecule has 1 N–H and O–H groups in total. The molecule has 1 rings (SSSR count). The molecule has 0 saturated carbocycles. The Hall–Kier alpha value is -0.830. The molecule has 74 valence electrons. The van der Waals surface area contributed by atoms with Gasteiger partial charge in [-0.15, -0.1) is 6.58 Å². The minimum absolute atomic E-state index is 0.0731. The molecule has 0 aliphatic carbocycles. The highest BCUT2D eigenvalue weighted by molar-refractivity contribution is 5.81. The van der Waals surface area contributed by atoms with E-state index in [9.17, 15) is 4.79 Å². The molecule has 1 fully saturated rings. The van der Waals surface area contributed by atoms with Crippen molar-refractivity contribution in [3.8, 4) is 0 Å². The van der Waals surface area contributed by atoms with Crippen LogP contribution in [0.15, 0.2) is 12.7 Å². The van der Waals surface area contributed by atoms with Gasteiger partial charge in [-0.3, -0.25) is 4.79 Å². The molecule has 0 radical (unpaired) electrons. The predicted octanol–water partition coefficient (Wildman–Crippen LogP) is 0.773. The molecule has 1 aliphatic rings. The third-order valence-electron chi connectivity index (χ3n) is 2.36. The van der Waals surface area contributed by atoms with Gasteiger partial charge in [-0.2, -0.15) is 0 Å². The SMILES string of the molecule is C=CCNC(C)C(=O)N1CCCC1. The number of nitrogens with one attached hydrogen (secondary N) is 1. The number of rotatable bonds is 4. The smallest absolute Gasteiger partial charge is 0.239 e. The fraction of sp³-hybridized carbons (Fsp3) is 0.700. The molecule has 1 heterocycles. The quantitative estimate of drug-likeness (QED) is 0.651. The molecule has 0 spiro atoms. The fourth-order valence-electron chi connectivity index (χ4n) is 1.56. The molecule has 1 atom stereocenters. The molecule has 1 amide bonds. The van der Waals surface area contributed by atoms with E-state index in [-0.39, 0.29) is 11.9 Å². The standard InChI is InChI=1S/C10H18N2O/c1-3-6-11-9(2)10(13)12-7-4-5-8-12/h3,9,11H,1,4-8H2,2H3. The van der Waals surface area contributed by atoms with Crippen molar-refractivity contribution in [2.45, 2.75) is 25.8 Å². The normalized spacial score (nSPS) is 18.7. The van der Waals surface area contributed by atoms with E-state index in [4.69, 9.17) is 0 Å². The molecule has 3 nitrogen and oxygen atoms in total. The van der Waals surface area contributed by atoms with Crippen molar-refractivity contribution in [1.29, 1.82) is 0 Å². The molecule has 1 unspecified atom stereocenters. The Labute approximate surface area is 79.8 Å². The minimum atomic E-state index is -0.0731. The Morgan fingerprint density at radius 2 is 2.23 bits per heavy atom. The van der Waals surface area contributed by atoms with Gasteiger partial charge >= 0.3 is 0 Å². The van der Waals surface area contributed by atoms with E-state index >= 15 is 0 Å². The third kappa shape index (κ3) is 2.84. The van der Waals surface area contributed by atoms with Crippen LogP contribution >= 0.6 is 0 Å². The monoisotopic (exact) mass is 182 g/mol. The summed E-state index contributed by atoms with van der Waals surface area (Å²) in [6.45, 7) is 8.06. The maximum absolute atomic E-state index is 11.7. The second kappa shape index (κ2) is 5.02. The number of hydrogen-bond acceptors (Lipinski definition) is 2. The van der Waals surface area contributed by atoms with Gasteiger partial charge in [0, 0.05) is 19.6 Å². The molecule has 13 heavy (non-hydrogen) atoms. The lowest BCUT2D eigenvalue weighted by Gasteiger charge is -2.20. The number of likely N-dealkylation sites (tertiary alicyclic amines) is 1. The number of carbonyl (C=O) groups excluding carboxylic acids is 1. The molecule has 0 aromatic rings. The second-order valence-corrected chi connectivity index (χ2v) is 3.45. The molecule has 1 saturated heterocycles. The van der Waals surface area contributed by atoms with Crippen molar-refractivity contribution >= 4 is 5.91 Å². The van der Waals surface area contributed by atoms with Gasteiger partial charge in [0.05, 0.1) is 6.04 Å². The van der Waals surface area contributed by atoms with Crippen molar-refractivity contribution < 1.29 is 4.79 Å². The van der Waals surface area contributed by atoms with Gasteiger partial charge in [-0.25, -0.2) is 0 Å². The minimum Gasteiger partial charge on any atom is -0.341 e. The molecular weight excluding hydrogens is 164 g/mol. The van der Waals surface area contributed by atoms with Crippen LogP contribution in [0.5, 0.6) is 0 Å². The van der Waals surface area contributed by atoms with E-state index in [1.165, 1.54) is 0 Å². The molecule has 3 heteroatoms. The Balaban J connectivity index is 2.32. The first-order valence-electron chi connectivity index (χ1n) is 4.88. The van der Waals surface area contributed by atoms with Crippen LogP contribution in [0, 0.1) is 0 Å². The average molecular weight is 182 g/mol. The van der Waals surface area contributed by atoms with Gasteiger partial charge in [0.25, 0.3) is 0 Å². The number of carbonyl (C=O) groups is 1. The maximum atomic E-state index is 11.7. The van der Waals surface area contributed by atoms with E-state index in [1.54, 1.807) is 6.08 Å². The van der Waals surface area contributed by atoms with Crippen molar-refractivity contribution in [3.05, 3.63) is 12.7 Å². The Morgan fingerprint density at radius 3 is 2.77 bits per heavy atom. The summed E-state index contributed by atoms with van der Waals surface area (Å²) in [6.07, 6.45) is 4.08.